The molecule has 6 nitrogen and oxygen atoms in total. The Morgan fingerprint density at radius 2 is 1.62 bits per heavy atom. The number of methoxy groups -OCH3 is 2. The molecule has 0 amide bonds. The van der Waals surface area contributed by atoms with Crippen LogP contribution >= 0.6 is 0 Å². The lowest BCUT2D eigenvalue weighted by Crippen LogP contribution is -2.58. The van der Waals surface area contributed by atoms with Crippen molar-refractivity contribution in [3.63, 3.8) is 0 Å². The fourth-order valence-electron chi connectivity index (χ4n) is 2.43. The average Bonchev–Trinajstić information content (AvgIpc) is 2.58. The predicted molar refractivity (Wildman–Crippen MR) is 89.1 cm³/mol. The largest absolute Gasteiger partial charge is 0.593 e. The highest BCUT2D eigenvalue weighted by atomic mass is 32.3. The first kappa shape index (κ1) is 16.8. The lowest BCUT2D eigenvalue weighted by Gasteiger charge is -2.39. The van der Waals surface area contributed by atoms with E-state index < -0.39 is 10.4 Å². The molecule has 0 saturated carbocycles. The van der Waals surface area contributed by atoms with Crippen molar-refractivity contribution in [1.82, 2.24) is 4.31 Å². The molecule has 24 heavy (non-hydrogen) atoms. The Kier molecular flexibility index (Phi) is 4.75. The van der Waals surface area contributed by atoms with Crippen LogP contribution in [0.3, 0.4) is 0 Å². The van der Waals surface area contributed by atoms with E-state index in [1.165, 1.54) is 17.5 Å². The SMILES string of the molecule is COc1ccc(OC2CN([S+](=O)([O-])c3cccc(OC)c3)C2)cc1. The third kappa shape index (κ3) is 3.38. The van der Waals surface area contributed by atoms with E-state index in [0.29, 0.717) is 24.6 Å². The van der Waals surface area contributed by atoms with Crippen molar-refractivity contribution >= 4 is 10.4 Å². The molecule has 1 heterocycles. The molecular weight excluding hydrogens is 330 g/mol. The third-order valence-electron chi connectivity index (χ3n) is 3.86. The molecular formula is C17H19NO5S. The minimum absolute atomic E-state index is 0.154. The van der Waals surface area contributed by atoms with E-state index in [-0.39, 0.29) is 11.0 Å². The number of hydrogen-bond acceptors (Lipinski definition) is 5. The second-order valence-electron chi connectivity index (χ2n) is 5.42. The normalized spacial score (nSPS) is 17.6. The number of hydrogen-bond donors (Lipinski definition) is 0. The summed E-state index contributed by atoms with van der Waals surface area (Å²) in [5.74, 6) is 1.96. The summed E-state index contributed by atoms with van der Waals surface area (Å²) in [7, 11) is -0.409. The Hall–Kier alpha value is -2.09. The molecule has 7 heteroatoms. The van der Waals surface area contributed by atoms with Crippen LogP contribution in [0.4, 0.5) is 0 Å². The van der Waals surface area contributed by atoms with Gasteiger partial charge in [-0.25, -0.2) is 0 Å². The molecule has 0 spiro atoms. The summed E-state index contributed by atoms with van der Waals surface area (Å²) >= 11 is 0. The maximum atomic E-state index is 12.6. The van der Waals surface area contributed by atoms with Crippen molar-refractivity contribution in [2.75, 3.05) is 27.3 Å². The molecule has 1 atom stereocenters. The maximum absolute atomic E-state index is 12.6. The lowest BCUT2D eigenvalue weighted by atomic mass is 10.2. The Labute approximate surface area is 142 Å². The monoisotopic (exact) mass is 349 g/mol. The van der Waals surface area contributed by atoms with Gasteiger partial charge in [0.15, 0.2) is 15.3 Å². The van der Waals surface area contributed by atoms with Gasteiger partial charge in [0.25, 0.3) is 0 Å². The molecule has 3 rings (SSSR count). The summed E-state index contributed by atoms with van der Waals surface area (Å²) in [6.07, 6.45) is -0.154. The van der Waals surface area contributed by atoms with E-state index in [1.54, 1.807) is 49.6 Å². The van der Waals surface area contributed by atoms with Gasteiger partial charge in [-0.15, -0.1) is 4.31 Å². The molecule has 2 aromatic rings. The molecule has 1 aliphatic heterocycles. The zero-order valence-electron chi connectivity index (χ0n) is 13.5. The second kappa shape index (κ2) is 6.80. The highest BCUT2D eigenvalue weighted by molar-refractivity contribution is 7.95. The topological polar surface area (TPSA) is 71.1 Å². The van der Waals surface area contributed by atoms with Gasteiger partial charge in [-0.1, -0.05) is 10.3 Å². The van der Waals surface area contributed by atoms with Crippen LogP contribution in [0.1, 0.15) is 0 Å². The first-order chi connectivity index (χ1) is 11.5. The van der Waals surface area contributed by atoms with E-state index in [4.69, 9.17) is 14.2 Å². The summed E-state index contributed by atoms with van der Waals surface area (Å²) in [5, 5.41) is 0. The highest BCUT2D eigenvalue weighted by Crippen LogP contribution is 2.30. The lowest BCUT2D eigenvalue weighted by molar-refractivity contribution is 0.0703. The summed E-state index contributed by atoms with van der Waals surface area (Å²) in [4.78, 5) is 0.227. The summed E-state index contributed by atoms with van der Waals surface area (Å²) < 4.78 is 42.5. The van der Waals surface area contributed by atoms with Crippen molar-refractivity contribution in [3.8, 4) is 17.2 Å². The molecule has 0 aromatic heterocycles. The molecule has 1 unspecified atom stereocenters. The Bertz CT molecular complexity index is 743. The smallest absolute Gasteiger partial charge is 0.179 e. The fourth-order valence-corrected chi connectivity index (χ4v) is 3.97. The van der Waals surface area contributed by atoms with Crippen molar-refractivity contribution in [1.29, 1.82) is 0 Å². The quantitative estimate of drug-likeness (QED) is 0.749. The average molecular weight is 349 g/mol. The van der Waals surface area contributed by atoms with Crippen molar-refractivity contribution in [2.45, 2.75) is 11.0 Å². The van der Waals surface area contributed by atoms with E-state index >= 15 is 0 Å². The molecule has 0 aliphatic carbocycles. The Balaban J connectivity index is 1.61. The first-order valence-electron chi connectivity index (χ1n) is 7.48. The van der Waals surface area contributed by atoms with Crippen LogP contribution in [0.5, 0.6) is 17.2 Å². The minimum atomic E-state index is -3.52. The Morgan fingerprint density at radius 3 is 2.25 bits per heavy atom. The molecule has 1 saturated heterocycles. The van der Waals surface area contributed by atoms with Gasteiger partial charge in [0.1, 0.15) is 23.4 Å². The zero-order chi connectivity index (χ0) is 17.2. The standard InChI is InChI=1S/C17H19NO5S/c1-21-13-6-8-14(9-7-13)23-16-11-18(12-16)24(19,20)17-5-3-4-15(10-17)22-2/h3-10,16H,11-12H2,1-2H3. The van der Waals surface area contributed by atoms with Gasteiger partial charge in [-0.3, -0.25) is 0 Å². The van der Waals surface area contributed by atoms with Gasteiger partial charge >= 0.3 is 0 Å². The molecule has 0 radical (unpaired) electrons. The van der Waals surface area contributed by atoms with Gasteiger partial charge in [-0.2, -0.15) is 0 Å². The number of rotatable bonds is 6. The number of benzene rings is 2. The van der Waals surface area contributed by atoms with Crippen LogP contribution in [0.25, 0.3) is 0 Å². The van der Waals surface area contributed by atoms with Gasteiger partial charge < -0.3 is 18.8 Å². The molecule has 0 N–H and O–H groups in total. The van der Waals surface area contributed by atoms with Gasteiger partial charge in [0.05, 0.1) is 27.3 Å². The van der Waals surface area contributed by atoms with Crippen LogP contribution in [0.15, 0.2) is 53.4 Å². The number of sulfonamides is 1. The van der Waals surface area contributed by atoms with Crippen molar-refractivity contribution in [2.24, 2.45) is 0 Å². The molecule has 0 bridgehead atoms. The predicted octanol–water partition coefficient (Wildman–Crippen LogP) is 2.37. The summed E-state index contributed by atoms with van der Waals surface area (Å²) in [5.41, 5.74) is 0. The van der Waals surface area contributed by atoms with Crippen LogP contribution in [-0.4, -0.2) is 42.3 Å². The van der Waals surface area contributed by atoms with Crippen molar-refractivity contribution in [3.05, 3.63) is 48.5 Å². The molecule has 1 aliphatic rings. The van der Waals surface area contributed by atoms with Gasteiger partial charge in [-0.05, 0) is 36.4 Å². The minimum Gasteiger partial charge on any atom is -0.593 e. The van der Waals surface area contributed by atoms with E-state index in [0.717, 1.165) is 5.75 Å². The van der Waals surface area contributed by atoms with Gasteiger partial charge in [0, 0.05) is 6.07 Å². The van der Waals surface area contributed by atoms with Gasteiger partial charge in [0.2, 0.25) is 0 Å². The summed E-state index contributed by atoms with van der Waals surface area (Å²) in [6, 6.07) is 13.7. The third-order valence-corrected chi connectivity index (χ3v) is 5.68. The van der Waals surface area contributed by atoms with Crippen LogP contribution < -0.4 is 14.2 Å². The van der Waals surface area contributed by atoms with Crippen molar-refractivity contribution < 1.29 is 23.0 Å². The van der Waals surface area contributed by atoms with E-state index in [1.807, 2.05) is 0 Å². The van der Waals surface area contributed by atoms with E-state index in [9.17, 15) is 8.76 Å². The Morgan fingerprint density at radius 1 is 1.00 bits per heavy atom. The van der Waals surface area contributed by atoms with Crippen LogP contribution in [0, 0.1) is 0 Å². The second-order valence-corrected chi connectivity index (χ2v) is 7.35. The number of ether oxygens (including phenoxy) is 3. The maximum Gasteiger partial charge on any atom is 0.179 e. The molecule has 2 aromatic carbocycles. The zero-order valence-corrected chi connectivity index (χ0v) is 14.3. The number of nitrogens with zero attached hydrogens (tertiary/aromatic N) is 1. The molecule has 1 fully saturated rings. The highest BCUT2D eigenvalue weighted by Gasteiger charge is 2.42. The summed E-state index contributed by atoms with van der Waals surface area (Å²) in [6.45, 7) is 0.650. The first-order valence-corrected chi connectivity index (χ1v) is 8.92. The van der Waals surface area contributed by atoms with E-state index in [2.05, 4.69) is 0 Å². The van der Waals surface area contributed by atoms with Crippen LogP contribution in [0.2, 0.25) is 0 Å². The fraction of sp³-hybridized carbons (Fsp3) is 0.294. The molecule has 128 valence electrons. The van der Waals surface area contributed by atoms with Crippen LogP contribution in [-0.2, 0) is 14.6 Å².